The summed E-state index contributed by atoms with van der Waals surface area (Å²) >= 11 is 0. The Balaban J connectivity index is 3.22. The van der Waals surface area contributed by atoms with Crippen molar-refractivity contribution in [1.82, 2.24) is 0 Å². The molecule has 13 heavy (non-hydrogen) atoms. The number of carboxylic acids is 1. The second-order valence-electron chi connectivity index (χ2n) is 2.78. The normalized spacial score (nSPS) is 9.92. The van der Waals surface area contributed by atoms with Gasteiger partial charge < -0.3 is 9.84 Å². The van der Waals surface area contributed by atoms with Crippen molar-refractivity contribution >= 4 is 11.8 Å². The van der Waals surface area contributed by atoms with Gasteiger partial charge in [0.2, 0.25) is 0 Å². The van der Waals surface area contributed by atoms with Crippen LogP contribution in [0.4, 0.5) is 0 Å². The van der Waals surface area contributed by atoms with Gasteiger partial charge in [-0.3, -0.25) is 9.59 Å². The number of hydrogen-bond acceptors (Lipinski definition) is 3. The topological polar surface area (TPSA) is 63.6 Å². The summed E-state index contributed by atoms with van der Waals surface area (Å²) in [6.07, 6.45) is 1.76. The number of carboxylic acid groups (broad SMARTS) is 1. The second-order valence-corrected chi connectivity index (χ2v) is 2.78. The van der Waals surface area contributed by atoms with E-state index in [9.17, 15) is 9.59 Å². The highest BCUT2D eigenvalue weighted by molar-refractivity contribution is 5.79. The Morgan fingerprint density at radius 2 is 1.85 bits per heavy atom. The van der Waals surface area contributed by atoms with Crippen LogP contribution in [-0.4, -0.2) is 30.1 Å². The van der Waals surface area contributed by atoms with Crippen molar-refractivity contribution in [1.29, 1.82) is 0 Å². The van der Waals surface area contributed by atoms with Gasteiger partial charge in [0, 0.05) is 19.4 Å². The number of ether oxygens (including phenoxy) is 1. The minimum Gasteiger partial charge on any atom is -0.481 e. The fraction of sp³-hybridized carbons (Fsp3) is 0.778. The Morgan fingerprint density at radius 1 is 1.23 bits per heavy atom. The lowest BCUT2D eigenvalue weighted by Crippen LogP contribution is -2.08. The van der Waals surface area contributed by atoms with E-state index in [1.165, 1.54) is 0 Å². The fourth-order valence-corrected chi connectivity index (χ4v) is 0.886. The van der Waals surface area contributed by atoms with Crippen molar-refractivity contribution in [2.75, 3.05) is 13.2 Å². The quantitative estimate of drug-likeness (QED) is 0.582. The minimum atomic E-state index is -0.808. The molecule has 76 valence electrons. The summed E-state index contributed by atoms with van der Waals surface area (Å²) in [5, 5.41) is 8.31. The lowest BCUT2D eigenvalue weighted by atomic mass is 10.1. The van der Waals surface area contributed by atoms with Gasteiger partial charge in [-0.2, -0.15) is 0 Å². The number of aliphatic carboxylic acids is 1. The maximum atomic E-state index is 11.0. The standard InChI is InChI=1S/C9H16O4/c1-2-13-7-8(10)5-3-4-6-9(11)12/h2-7H2,1H3,(H,11,12). The van der Waals surface area contributed by atoms with E-state index in [4.69, 9.17) is 9.84 Å². The number of carbonyl (C=O) groups is 2. The zero-order chi connectivity index (χ0) is 10.1. The van der Waals surface area contributed by atoms with Crippen molar-refractivity contribution in [2.24, 2.45) is 0 Å². The average Bonchev–Trinajstić information content (AvgIpc) is 2.08. The number of unbranched alkanes of at least 4 members (excludes halogenated alkanes) is 1. The Bertz CT molecular complexity index is 165. The molecule has 0 heterocycles. The van der Waals surface area contributed by atoms with Crippen LogP contribution >= 0.6 is 0 Å². The minimum absolute atomic E-state index is 0.0484. The van der Waals surface area contributed by atoms with E-state index < -0.39 is 5.97 Å². The average molecular weight is 188 g/mol. The van der Waals surface area contributed by atoms with E-state index in [1.54, 1.807) is 0 Å². The summed E-state index contributed by atoms with van der Waals surface area (Å²) in [6, 6.07) is 0. The highest BCUT2D eigenvalue weighted by atomic mass is 16.5. The number of ketones is 1. The summed E-state index contributed by atoms with van der Waals surface area (Å²) < 4.78 is 4.91. The van der Waals surface area contributed by atoms with Gasteiger partial charge in [0.05, 0.1) is 0 Å². The van der Waals surface area contributed by atoms with Crippen LogP contribution < -0.4 is 0 Å². The van der Waals surface area contributed by atoms with E-state index in [1.807, 2.05) is 6.92 Å². The van der Waals surface area contributed by atoms with Crippen molar-refractivity contribution in [3.8, 4) is 0 Å². The van der Waals surface area contributed by atoms with Crippen molar-refractivity contribution in [3.05, 3.63) is 0 Å². The van der Waals surface area contributed by atoms with Gasteiger partial charge >= 0.3 is 5.97 Å². The molecule has 0 aromatic rings. The molecule has 0 saturated carbocycles. The largest absolute Gasteiger partial charge is 0.481 e. The molecule has 0 aromatic heterocycles. The molecule has 0 bridgehead atoms. The van der Waals surface area contributed by atoms with Crippen LogP contribution in [0.15, 0.2) is 0 Å². The van der Waals surface area contributed by atoms with Gasteiger partial charge in [-0.05, 0) is 19.8 Å². The first-order valence-electron chi connectivity index (χ1n) is 4.48. The fourth-order valence-electron chi connectivity index (χ4n) is 0.886. The molecule has 0 aliphatic heterocycles. The van der Waals surface area contributed by atoms with Gasteiger partial charge in [0.1, 0.15) is 6.61 Å². The number of rotatable bonds is 8. The van der Waals surface area contributed by atoms with Crippen LogP contribution in [0, 0.1) is 0 Å². The maximum Gasteiger partial charge on any atom is 0.303 e. The highest BCUT2D eigenvalue weighted by Crippen LogP contribution is 2.00. The number of hydrogen-bond donors (Lipinski definition) is 1. The van der Waals surface area contributed by atoms with Crippen LogP contribution in [-0.2, 0) is 14.3 Å². The van der Waals surface area contributed by atoms with Gasteiger partial charge in [-0.25, -0.2) is 0 Å². The smallest absolute Gasteiger partial charge is 0.303 e. The van der Waals surface area contributed by atoms with Gasteiger partial charge in [-0.15, -0.1) is 0 Å². The summed E-state index contributed by atoms with van der Waals surface area (Å²) in [6.45, 7) is 2.53. The predicted octanol–water partition coefficient (Wildman–Crippen LogP) is 1.24. The number of carbonyl (C=O) groups excluding carboxylic acids is 1. The SMILES string of the molecule is CCOCC(=O)CCCCC(=O)O. The summed E-state index contributed by atoms with van der Waals surface area (Å²) in [5.41, 5.74) is 0. The lowest BCUT2D eigenvalue weighted by molar-refractivity contribution is -0.137. The Hall–Kier alpha value is -0.900. The van der Waals surface area contributed by atoms with E-state index in [-0.39, 0.29) is 18.8 Å². The molecule has 0 radical (unpaired) electrons. The molecule has 0 aromatic carbocycles. The maximum absolute atomic E-state index is 11.0. The molecule has 0 unspecified atom stereocenters. The van der Waals surface area contributed by atoms with Crippen molar-refractivity contribution in [2.45, 2.75) is 32.6 Å². The Labute approximate surface area is 77.9 Å². The van der Waals surface area contributed by atoms with Gasteiger partial charge in [0.15, 0.2) is 5.78 Å². The summed E-state index contributed by atoms with van der Waals surface area (Å²) in [5.74, 6) is -0.760. The molecule has 0 aliphatic carbocycles. The van der Waals surface area contributed by atoms with E-state index in [0.717, 1.165) is 0 Å². The van der Waals surface area contributed by atoms with Crippen molar-refractivity contribution in [3.63, 3.8) is 0 Å². The van der Waals surface area contributed by atoms with E-state index in [0.29, 0.717) is 25.9 Å². The van der Waals surface area contributed by atoms with Crippen LogP contribution in [0.2, 0.25) is 0 Å². The second kappa shape index (κ2) is 7.73. The Morgan fingerprint density at radius 3 is 2.38 bits per heavy atom. The molecule has 0 saturated heterocycles. The third-order valence-electron chi connectivity index (χ3n) is 1.56. The molecule has 0 spiro atoms. The molecule has 0 aliphatic rings. The first kappa shape index (κ1) is 12.1. The molecule has 4 nitrogen and oxygen atoms in total. The summed E-state index contributed by atoms with van der Waals surface area (Å²) in [4.78, 5) is 21.1. The Kier molecular flexibility index (Phi) is 7.20. The molecule has 0 fully saturated rings. The lowest BCUT2D eigenvalue weighted by Gasteiger charge is -1.99. The molecule has 0 amide bonds. The molecule has 1 N–H and O–H groups in total. The summed E-state index contributed by atoms with van der Waals surface area (Å²) in [7, 11) is 0. The molecule has 0 rings (SSSR count). The van der Waals surface area contributed by atoms with Crippen LogP contribution in [0.3, 0.4) is 0 Å². The molecule has 4 heteroatoms. The first-order valence-corrected chi connectivity index (χ1v) is 4.48. The highest BCUT2D eigenvalue weighted by Gasteiger charge is 2.02. The van der Waals surface area contributed by atoms with E-state index >= 15 is 0 Å². The molecule has 0 atom stereocenters. The van der Waals surface area contributed by atoms with Crippen LogP contribution in [0.25, 0.3) is 0 Å². The first-order chi connectivity index (χ1) is 6.16. The van der Waals surface area contributed by atoms with Crippen LogP contribution in [0.1, 0.15) is 32.6 Å². The van der Waals surface area contributed by atoms with E-state index in [2.05, 4.69) is 0 Å². The van der Waals surface area contributed by atoms with Crippen molar-refractivity contribution < 1.29 is 19.4 Å². The van der Waals surface area contributed by atoms with Gasteiger partial charge in [-0.1, -0.05) is 0 Å². The zero-order valence-electron chi connectivity index (χ0n) is 7.91. The third kappa shape index (κ3) is 9.01. The zero-order valence-corrected chi connectivity index (χ0v) is 7.91. The monoisotopic (exact) mass is 188 g/mol. The number of Topliss-reactive ketones (excluding diaryl/α,β-unsaturated/α-hetero) is 1. The third-order valence-corrected chi connectivity index (χ3v) is 1.56. The molecular weight excluding hydrogens is 172 g/mol. The van der Waals surface area contributed by atoms with Crippen LogP contribution in [0.5, 0.6) is 0 Å². The molecular formula is C9H16O4. The van der Waals surface area contributed by atoms with Gasteiger partial charge in [0.25, 0.3) is 0 Å². The predicted molar refractivity (Wildman–Crippen MR) is 47.6 cm³/mol.